The van der Waals surface area contributed by atoms with Crippen molar-refractivity contribution in [1.29, 1.82) is 0 Å². The lowest BCUT2D eigenvalue weighted by Crippen LogP contribution is -2.30. The summed E-state index contributed by atoms with van der Waals surface area (Å²) in [5, 5.41) is 2.90. The summed E-state index contributed by atoms with van der Waals surface area (Å²) in [7, 11) is 0. The van der Waals surface area contributed by atoms with Gasteiger partial charge < -0.3 is 5.32 Å². The van der Waals surface area contributed by atoms with Gasteiger partial charge in [0, 0.05) is 15.8 Å². The lowest BCUT2D eigenvalue weighted by Gasteiger charge is -2.08. The summed E-state index contributed by atoms with van der Waals surface area (Å²) in [5.74, 6) is 0.0697. The van der Waals surface area contributed by atoms with Crippen LogP contribution in [0.5, 0.6) is 0 Å². The molecule has 1 aromatic rings. The maximum atomic E-state index is 11.6. The topological polar surface area (TPSA) is 29.1 Å². The molecule has 0 spiro atoms. The highest BCUT2D eigenvalue weighted by Crippen LogP contribution is 2.10. The predicted octanol–water partition coefficient (Wildman–Crippen LogP) is 3.28. The second kappa shape index (κ2) is 7.07. The fourth-order valence-electron chi connectivity index (χ4n) is 1.22. The zero-order chi connectivity index (χ0) is 12.0. The molecular weight excluding hydrogens is 334 g/mol. The van der Waals surface area contributed by atoms with E-state index in [9.17, 15) is 4.79 Å². The van der Waals surface area contributed by atoms with Crippen LogP contribution >= 0.6 is 31.9 Å². The van der Waals surface area contributed by atoms with Crippen molar-refractivity contribution in [3.8, 4) is 0 Å². The molecule has 0 aromatic heterocycles. The Balaban J connectivity index is 2.37. The number of alkyl halides is 1. The van der Waals surface area contributed by atoms with Gasteiger partial charge in [0.1, 0.15) is 0 Å². The van der Waals surface area contributed by atoms with E-state index in [1.165, 1.54) is 0 Å². The second-order valence-electron chi connectivity index (χ2n) is 3.61. The van der Waals surface area contributed by atoms with Crippen LogP contribution in [0.4, 0.5) is 0 Å². The summed E-state index contributed by atoms with van der Waals surface area (Å²) >= 11 is 6.84. The van der Waals surface area contributed by atoms with Crippen LogP contribution in [-0.4, -0.2) is 17.3 Å². The molecule has 16 heavy (non-hydrogen) atoms. The minimum absolute atomic E-state index is 0.0697. The molecule has 4 heteroatoms. The van der Waals surface area contributed by atoms with Gasteiger partial charge in [-0.1, -0.05) is 50.9 Å². The molecule has 1 rings (SSSR count). The molecule has 88 valence electrons. The van der Waals surface area contributed by atoms with E-state index in [-0.39, 0.29) is 5.91 Å². The van der Waals surface area contributed by atoms with E-state index in [2.05, 4.69) is 44.1 Å². The molecule has 1 atom stereocenters. The van der Waals surface area contributed by atoms with Gasteiger partial charge >= 0.3 is 0 Å². The first-order chi connectivity index (χ1) is 7.61. The summed E-state index contributed by atoms with van der Waals surface area (Å²) in [5.41, 5.74) is 1.03. The fourth-order valence-corrected chi connectivity index (χ4v) is 1.65. The smallest absolute Gasteiger partial charge is 0.224 e. The van der Waals surface area contributed by atoms with Crippen LogP contribution in [-0.2, 0) is 11.2 Å². The molecule has 1 amide bonds. The van der Waals surface area contributed by atoms with E-state index < -0.39 is 0 Å². The number of benzene rings is 1. The molecule has 0 aliphatic rings. The lowest BCUT2D eigenvalue weighted by atomic mass is 10.1. The largest absolute Gasteiger partial charge is 0.355 e. The first-order valence-corrected chi connectivity index (χ1v) is 6.98. The van der Waals surface area contributed by atoms with Crippen molar-refractivity contribution in [2.45, 2.75) is 24.6 Å². The van der Waals surface area contributed by atoms with Crippen molar-refractivity contribution >= 4 is 37.8 Å². The van der Waals surface area contributed by atoms with Crippen LogP contribution < -0.4 is 5.32 Å². The molecule has 0 saturated heterocycles. The SMILES string of the molecule is CCC(Br)CNC(=O)Cc1ccc(Br)cc1. The highest BCUT2D eigenvalue weighted by atomic mass is 79.9. The molecule has 2 nitrogen and oxygen atoms in total. The van der Waals surface area contributed by atoms with Gasteiger partial charge in [0.15, 0.2) is 0 Å². The standard InChI is InChI=1S/C12H15Br2NO/c1-2-10(13)8-15-12(16)7-9-3-5-11(14)6-4-9/h3-6,10H,2,7-8H2,1H3,(H,15,16). The van der Waals surface area contributed by atoms with Gasteiger partial charge in [0.05, 0.1) is 6.42 Å². The van der Waals surface area contributed by atoms with Crippen molar-refractivity contribution in [3.63, 3.8) is 0 Å². The van der Waals surface area contributed by atoms with Crippen molar-refractivity contribution in [1.82, 2.24) is 5.32 Å². The van der Waals surface area contributed by atoms with Gasteiger partial charge in [-0.3, -0.25) is 4.79 Å². The Morgan fingerprint density at radius 1 is 1.38 bits per heavy atom. The van der Waals surface area contributed by atoms with Crippen molar-refractivity contribution in [2.75, 3.05) is 6.54 Å². The van der Waals surface area contributed by atoms with E-state index in [0.29, 0.717) is 17.8 Å². The third kappa shape index (κ3) is 5.12. The summed E-state index contributed by atoms with van der Waals surface area (Å²) in [4.78, 5) is 11.9. The number of halogens is 2. The zero-order valence-electron chi connectivity index (χ0n) is 9.17. The molecule has 0 aliphatic carbocycles. The number of carbonyl (C=O) groups is 1. The number of nitrogens with one attached hydrogen (secondary N) is 1. The Bertz CT molecular complexity index is 337. The van der Waals surface area contributed by atoms with Gasteiger partial charge in [0.2, 0.25) is 5.91 Å². The van der Waals surface area contributed by atoms with E-state index in [4.69, 9.17) is 0 Å². The minimum Gasteiger partial charge on any atom is -0.355 e. The summed E-state index contributed by atoms with van der Waals surface area (Å²) < 4.78 is 1.03. The Labute approximate surface area is 113 Å². The van der Waals surface area contributed by atoms with Gasteiger partial charge in [-0.2, -0.15) is 0 Å². The molecule has 0 aliphatic heterocycles. The Morgan fingerprint density at radius 2 is 2.00 bits per heavy atom. The molecule has 0 radical (unpaired) electrons. The monoisotopic (exact) mass is 347 g/mol. The summed E-state index contributed by atoms with van der Waals surface area (Å²) in [6.07, 6.45) is 1.45. The molecule has 0 fully saturated rings. The Morgan fingerprint density at radius 3 is 2.56 bits per heavy atom. The number of hydrogen-bond donors (Lipinski definition) is 1. The number of carbonyl (C=O) groups excluding carboxylic acids is 1. The van der Waals surface area contributed by atoms with Gasteiger partial charge in [-0.05, 0) is 24.1 Å². The maximum Gasteiger partial charge on any atom is 0.224 e. The van der Waals surface area contributed by atoms with Crippen molar-refractivity contribution in [3.05, 3.63) is 34.3 Å². The molecule has 0 bridgehead atoms. The fraction of sp³-hybridized carbons (Fsp3) is 0.417. The van der Waals surface area contributed by atoms with Crippen LogP contribution in [0.2, 0.25) is 0 Å². The van der Waals surface area contributed by atoms with Crippen LogP contribution in [0.25, 0.3) is 0 Å². The van der Waals surface area contributed by atoms with E-state index in [0.717, 1.165) is 16.5 Å². The molecule has 1 N–H and O–H groups in total. The van der Waals surface area contributed by atoms with Gasteiger partial charge in [0.25, 0.3) is 0 Å². The predicted molar refractivity (Wildman–Crippen MR) is 73.9 cm³/mol. The third-order valence-electron chi connectivity index (χ3n) is 2.24. The maximum absolute atomic E-state index is 11.6. The average molecular weight is 349 g/mol. The first-order valence-electron chi connectivity index (χ1n) is 5.27. The summed E-state index contributed by atoms with van der Waals surface area (Å²) in [6, 6.07) is 7.80. The van der Waals surface area contributed by atoms with Gasteiger partial charge in [-0.25, -0.2) is 0 Å². The average Bonchev–Trinajstić information content (AvgIpc) is 2.29. The Hall–Kier alpha value is -0.350. The van der Waals surface area contributed by atoms with Crippen LogP contribution in [0.15, 0.2) is 28.7 Å². The van der Waals surface area contributed by atoms with Gasteiger partial charge in [-0.15, -0.1) is 0 Å². The van der Waals surface area contributed by atoms with Crippen molar-refractivity contribution in [2.24, 2.45) is 0 Å². The van der Waals surface area contributed by atoms with E-state index >= 15 is 0 Å². The van der Waals surface area contributed by atoms with Crippen LogP contribution in [0.3, 0.4) is 0 Å². The minimum atomic E-state index is 0.0697. The Kier molecular flexibility index (Phi) is 6.06. The summed E-state index contributed by atoms with van der Waals surface area (Å²) in [6.45, 7) is 2.77. The van der Waals surface area contributed by atoms with Crippen LogP contribution in [0.1, 0.15) is 18.9 Å². The van der Waals surface area contributed by atoms with Crippen LogP contribution in [0, 0.1) is 0 Å². The van der Waals surface area contributed by atoms with E-state index in [1.807, 2.05) is 24.3 Å². The quantitative estimate of drug-likeness (QED) is 0.813. The highest BCUT2D eigenvalue weighted by Gasteiger charge is 2.05. The molecular formula is C12H15Br2NO. The molecule has 1 aromatic carbocycles. The number of amides is 1. The molecule has 0 saturated carbocycles. The number of rotatable bonds is 5. The second-order valence-corrected chi connectivity index (χ2v) is 5.82. The third-order valence-corrected chi connectivity index (χ3v) is 3.74. The van der Waals surface area contributed by atoms with Crippen molar-refractivity contribution < 1.29 is 4.79 Å². The lowest BCUT2D eigenvalue weighted by molar-refractivity contribution is -0.120. The highest BCUT2D eigenvalue weighted by molar-refractivity contribution is 9.10. The zero-order valence-corrected chi connectivity index (χ0v) is 12.3. The normalized spacial score (nSPS) is 12.2. The number of hydrogen-bond acceptors (Lipinski definition) is 1. The van der Waals surface area contributed by atoms with E-state index in [1.54, 1.807) is 0 Å². The molecule has 1 unspecified atom stereocenters. The first kappa shape index (κ1) is 13.7. The molecule has 0 heterocycles.